The highest BCUT2D eigenvalue weighted by Gasteiger charge is 2.18. The zero-order valence-electron chi connectivity index (χ0n) is 13.4. The summed E-state index contributed by atoms with van der Waals surface area (Å²) >= 11 is 0. The van der Waals surface area contributed by atoms with Crippen molar-refractivity contribution in [1.29, 1.82) is 0 Å². The fourth-order valence-electron chi connectivity index (χ4n) is 3.02. The first-order valence-corrected chi connectivity index (χ1v) is 8.07. The van der Waals surface area contributed by atoms with Crippen LogP contribution < -0.4 is 10.5 Å². The molecule has 1 amide bonds. The number of carbonyl (C=O) groups is 1. The molecule has 0 atom stereocenters. The van der Waals surface area contributed by atoms with E-state index in [-0.39, 0.29) is 12.3 Å². The highest BCUT2D eigenvalue weighted by molar-refractivity contribution is 6.61. The lowest BCUT2D eigenvalue weighted by Gasteiger charge is -2.18. The van der Waals surface area contributed by atoms with Crippen LogP contribution in [0.5, 0.6) is 0 Å². The summed E-state index contributed by atoms with van der Waals surface area (Å²) in [6.45, 7) is 0. The third kappa shape index (κ3) is 3.25. The third-order valence-electron chi connectivity index (χ3n) is 4.22. The van der Waals surface area contributed by atoms with Crippen molar-refractivity contribution in [3.63, 3.8) is 0 Å². The van der Waals surface area contributed by atoms with Gasteiger partial charge in [0.15, 0.2) is 0 Å². The van der Waals surface area contributed by atoms with Crippen LogP contribution in [-0.4, -0.2) is 23.0 Å². The maximum absolute atomic E-state index is 12.5. The number of amides is 1. The van der Waals surface area contributed by atoms with E-state index in [1.54, 1.807) is 18.4 Å². The number of rotatable bonds is 3. The van der Waals surface area contributed by atoms with E-state index >= 15 is 0 Å². The molecule has 25 heavy (non-hydrogen) atoms. The van der Waals surface area contributed by atoms with Crippen LogP contribution in [0.2, 0.25) is 0 Å². The second-order valence-electron chi connectivity index (χ2n) is 5.99. The largest absolute Gasteiger partial charge is 0.438 e. The zero-order valence-corrected chi connectivity index (χ0v) is 13.4. The van der Waals surface area contributed by atoms with Gasteiger partial charge in [0, 0.05) is 29.2 Å². The fourth-order valence-corrected chi connectivity index (χ4v) is 3.02. The van der Waals surface area contributed by atoms with Crippen molar-refractivity contribution < 1.29 is 9.82 Å². The molecule has 0 saturated carbocycles. The summed E-state index contributed by atoms with van der Waals surface area (Å²) in [6, 6.07) is 13.4. The van der Waals surface area contributed by atoms with Crippen molar-refractivity contribution in [2.75, 3.05) is 10.5 Å². The molecule has 3 N–H and O–H groups in total. The lowest BCUT2D eigenvalue weighted by molar-refractivity contribution is -0.115. The van der Waals surface area contributed by atoms with Gasteiger partial charge in [-0.1, -0.05) is 30.3 Å². The number of hydrogen-bond donors (Lipinski definition) is 3. The Kier molecular flexibility index (Phi) is 3.95. The van der Waals surface area contributed by atoms with E-state index in [9.17, 15) is 9.82 Å². The second-order valence-corrected chi connectivity index (χ2v) is 5.99. The fraction of sp³-hybridized carbons (Fsp3) is 0.0526. The Bertz CT molecular complexity index is 987. The Labute approximate surface area is 145 Å². The summed E-state index contributed by atoms with van der Waals surface area (Å²) in [5.41, 5.74) is 3.44. The highest BCUT2D eigenvalue weighted by atomic mass is 16.2. The number of nitrogens with one attached hydrogen (secondary N) is 2. The molecule has 0 bridgehead atoms. The average Bonchev–Trinajstić information content (AvgIpc) is 2.61. The molecule has 0 fully saturated rings. The van der Waals surface area contributed by atoms with E-state index in [1.807, 2.05) is 48.5 Å². The molecule has 0 radical (unpaired) electrons. The molecule has 6 heteroatoms. The third-order valence-corrected chi connectivity index (χ3v) is 4.22. The summed E-state index contributed by atoms with van der Waals surface area (Å²) in [4.78, 5) is 16.5. The van der Waals surface area contributed by atoms with Crippen molar-refractivity contribution >= 4 is 41.2 Å². The van der Waals surface area contributed by atoms with Gasteiger partial charge >= 0.3 is 7.05 Å². The maximum Gasteiger partial charge on any atom is 0.438 e. The summed E-state index contributed by atoms with van der Waals surface area (Å²) in [6.07, 6.45) is 5.64. The van der Waals surface area contributed by atoms with Crippen molar-refractivity contribution in [2.24, 2.45) is 0 Å². The predicted molar refractivity (Wildman–Crippen MR) is 101 cm³/mol. The van der Waals surface area contributed by atoms with Gasteiger partial charge in [0.25, 0.3) is 0 Å². The van der Waals surface area contributed by atoms with Gasteiger partial charge in [-0.25, -0.2) is 0 Å². The summed E-state index contributed by atoms with van der Waals surface area (Å²) in [7, 11) is -0.691. The smallest absolute Gasteiger partial charge is 0.429 e. The van der Waals surface area contributed by atoms with Crippen molar-refractivity contribution in [3.05, 3.63) is 72.0 Å². The first-order chi connectivity index (χ1) is 12.2. The molecule has 0 aliphatic carbocycles. The summed E-state index contributed by atoms with van der Waals surface area (Å²) in [5.74, 6) is 1.59. The van der Waals surface area contributed by atoms with E-state index in [1.165, 1.54) is 0 Å². The standard InChI is InChI=1S/C19H16BN3O2/c24-19(22-16-5-4-15-12-21-9-7-13(15)10-16)11-14-2-1-3-18-17(14)6-8-20(25)23-18/h1-10,12,23,25H,11H2,(H,22,24). The number of hydrogen-bond acceptors (Lipinski definition) is 4. The topological polar surface area (TPSA) is 74.2 Å². The van der Waals surface area contributed by atoms with Crippen LogP contribution in [0.25, 0.3) is 16.8 Å². The van der Waals surface area contributed by atoms with Gasteiger partial charge in [0.1, 0.15) is 0 Å². The van der Waals surface area contributed by atoms with Gasteiger partial charge in [-0.05, 0) is 40.8 Å². The van der Waals surface area contributed by atoms with Crippen molar-refractivity contribution in [2.45, 2.75) is 6.42 Å². The molecular formula is C19H16BN3O2. The molecule has 0 saturated heterocycles. The molecule has 1 aliphatic rings. The Morgan fingerprint density at radius 2 is 2.12 bits per heavy atom. The molecule has 0 unspecified atom stereocenters. The molecular weight excluding hydrogens is 313 g/mol. The van der Waals surface area contributed by atoms with Gasteiger partial charge in [-0.15, -0.1) is 0 Å². The molecule has 1 aromatic heterocycles. The van der Waals surface area contributed by atoms with Gasteiger partial charge in [0.2, 0.25) is 5.91 Å². The SMILES string of the molecule is O=C(Cc1cccc2c1C=CB(O)N2)Nc1ccc2cnccc2c1. The van der Waals surface area contributed by atoms with Crippen LogP contribution in [0.4, 0.5) is 11.4 Å². The second kappa shape index (κ2) is 6.41. The van der Waals surface area contributed by atoms with E-state index in [4.69, 9.17) is 0 Å². The van der Waals surface area contributed by atoms with Crippen molar-refractivity contribution in [1.82, 2.24) is 4.98 Å². The minimum atomic E-state index is -0.691. The highest BCUT2D eigenvalue weighted by Crippen LogP contribution is 2.26. The van der Waals surface area contributed by atoms with Crippen molar-refractivity contribution in [3.8, 4) is 0 Å². The first-order valence-electron chi connectivity index (χ1n) is 8.07. The molecule has 5 nitrogen and oxygen atoms in total. The number of anilines is 2. The predicted octanol–water partition coefficient (Wildman–Crippen LogP) is 2.87. The molecule has 1 aliphatic heterocycles. The number of benzene rings is 2. The van der Waals surface area contributed by atoms with E-state index in [2.05, 4.69) is 15.5 Å². The molecule has 122 valence electrons. The molecule has 0 spiro atoms. The minimum absolute atomic E-state index is 0.0821. The van der Waals surface area contributed by atoms with E-state index in [0.29, 0.717) is 0 Å². The van der Waals surface area contributed by atoms with Gasteiger partial charge in [-0.3, -0.25) is 9.78 Å². The number of aromatic nitrogens is 1. The Hall–Kier alpha value is -3.12. The quantitative estimate of drug-likeness (QED) is 0.646. The monoisotopic (exact) mass is 329 g/mol. The number of carbonyl (C=O) groups excluding carboxylic acids is 1. The maximum atomic E-state index is 12.5. The Morgan fingerprint density at radius 1 is 1.20 bits per heavy atom. The van der Waals surface area contributed by atoms with Crippen LogP contribution in [0.15, 0.2) is 60.8 Å². The van der Waals surface area contributed by atoms with E-state index < -0.39 is 7.05 Å². The molecule has 4 rings (SSSR count). The molecule has 2 heterocycles. The van der Waals surface area contributed by atoms with Crippen LogP contribution in [0.1, 0.15) is 11.1 Å². The molecule has 3 aromatic rings. The Morgan fingerprint density at radius 3 is 3.04 bits per heavy atom. The lowest BCUT2D eigenvalue weighted by atomic mass is 9.78. The van der Waals surface area contributed by atoms with Crippen LogP contribution in [-0.2, 0) is 11.2 Å². The minimum Gasteiger partial charge on any atom is -0.429 e. The zero-order chi connectivity index (χ0) is 17.2. The summed E-state index contributed by atoms with van der Waals surface area (Å²) < 4.78 is 0. The number of pyridine rings is 1. The van der Waals surface area contributed by atoms with Gasteiger partial charge < -0.3 is 15.6 Å². The van der Waals surface area contributed by atoms with Crippen LogP contribution in [0, 0.1) is 0 Å². The van der Waals surface area contributed by atoms with E-state index in [0.717, 1.165) is 33.3 Å². The van der Waals surface area contributed by atoms with Crippen LogP contribution in [0.3, 0.4) is 0 Å². The number of nitrogens with zero attached hydrogens (tertiary/aromatic N) is 1. The first kappa shape index (κ1) is 15.4. The average molecular weight is 329 g/mol. The summed E-state index contributed by atoms with van der Waals surface area (Å²) in [5, 5.41) is 17.6. The molecule has 2 aromatic carbocycles. The van der Waals surface area contributed by atoms with Crippen LogP contribution >= 0.6 is 0 Å². The number of fused-ring (bicyclic) bond motifs is 2. The lowest BCUT2D eigenvalue weighted by Crippen LogP contribution is -2.25. The van der Waals surface area contributed by atoms with Gasteiger partial charge in [-0.2, -0.15) is 0 Å². The van der Waals surface area contributed by atoms with Gasteiger partial charge in [0.05, 0.1) is 6.42 Å². The normalized spacial score (nSPS) is 12.6. The Balaban J connectivity index is 1.53.